The zero-order valence-corrected chi connectivity index (χ0v) is 15.8. The molecule has 1 aromatic carbocycles. The summed E-state index contributed by atoms with van der Waals surface area (Å²) in [7, 11) is 0. The monoisotopic (exact) mass is 355 g/mol. The van der Waals surface area contributed by atoms with Gasteiger partial charge in [0, 0.05) is 25.8 Å². The zero-order chi connectivity index (χ0) is 18.5. The number of carbonyl (C=O) groups is 1. The number of aromatic nitrogens is 2. The Kier molecular flexibility index (Phi) is 6.09. The van der Waals surface area contributed by atoms with E-state index in [2.05, 4.69) is 28.3 Å². The third-order valence-electron chi connectivity index (χ3n) is 5.07. The van der Waals surface area contributed by atoms with Gasteiger partial charge in [-0.15, -0.1) is 0 Å². The van der Waals surface area contributed by atoms with Crippen molar-refractivity contribution in [2.75, 3.05) is 13.1 Å². The van der Waals surface area contributed by atoms with Gasteiger partial charge < -0.3 is 9.67 Å². The van der Waals surface area contributed by atoms with Gasteiger partial charge in [-0.1, -0.05) is 26.0 Å². The fraction of sp³-hybridized carbons (Fsp3) is 0.524. The molecule has 1 fully saturated rings. The van der Waals surface area contributed by atoms with Gasteiger partial charge in [-0.25, -0.2) is 9.78 Å². The molecule has 1 aliphatic heterocycles. The number of carboxylic acids is 1. The van der Waals surface area contributed by atoms with Crippen molar-refractivity contribution in [1.82, 2.24) is 14.5 Å². The van der Waals surface area contributed by atoms with Gasteiger partial charge in [0.15, 0.2) is 0 Å². The molecule has 0 amide bonds. The summed E-state index contributed by atoms with van der Waals surface area (Å²) < 4.78 is 2.28. The molecule has 1 atom stereocenters. The molecule has 1 aliphatic rings. The number of hydrogen-bond donors (Lipinski definition) is 1. The van der Waals surface area contributed by atoms with E-state index < -0.39 is 5.97 Å². The molecule has 5 nitrogen and oxygen atoms in total. The van der Waals surface area contributed by atoms with Crippen LogP contribution in [-0.2, 0) is 19.5 Å². The lowest BCUT2D eigenvalue weighted by Crippen LogP contribution is -2.36. The smallest absolute Gasteiger partial charge is 0.335 e. The minimum Gasteiger partial charge on any atom is -0.478 e. The highest BCUT2D eigenvalue weighted by molar-refractivity contribution is 5.87. The molecule has 0 bridgehead atoms. The Morgan fingerprint density at radius 1 is 1.31 bits per heavy atom. The standard InChI is InChI=1S/C21H29N3O2/c1-16(2)12-24-15-22-11-20(24)14-23-9-3-4-18(13-23)10-17-5-7-19(8-6-17)21(25)26/h5-8,11,15-16,18H,3-4,9-10,12-14H2,1-2H3,(H,25,26). The van der Waals surface area contributed by atoms with Crippen LogP contribution in [0, 0.1) is 11.8 Å². The van der Waals surface area contributed by atoms with E-state index in [1.807, 2.05) is 24.7 Å². The van der Waals surface area contributed by atoms with Crippen molar-refractivity contribution in [3.05, 3.63) is 53.6 Å². The van der Waals surface area contributed by atoms with E-state index in [4.69, 9.17) is 5.11 Å². The predicted molar refractivity (Wildman–Crippen MR) is 102 cm³/mol. The highest BCUT2D eigenvalue weighted by Gasteiger charge is 2.21. The number of carboxylic acid groups (broad SMARTS) is 1. The fourth-order valence-corrected chi connectivity index (χ4v) is 3.84. The molecule has 0 spiro atoms. The molecular weight excluding hydrogens is 326 g/mol. The van der Waals surface area contributed by atoms with Crippen molar-refractivity contribution in [3.63, 3.8) is 0 Å². The van der Waals surface area contributed by atoms with E-state index in [1.54, 1.807) is 12.1 Å². The number of likely N-dealkylation sites (tertiary alicyclic amines) is 1. The van der Waals surface area contributed by atoms with Crippen molar-refractivity contribution in [3.8, 4) is 0 Å². The van der Waals surface area contributed by atoms with Gasteiger partial charge in [-0.2, -0.15) is 0 Å². The van der Waals surface area contributed by atoms with Crippen LogP contribution < -0.4 is 0 Å². The van der Waals surface area contributed by atoms with E-state index in [0.717, 1.165) is 32.6 Å². The van der Waals surface area contributed by atoms with E-state index in [-0.39, 0.29) is 0 Å². The van der Waals surface area contributed by atoms with E-state index in [1.165, 1.54) is 24.1 Å². The highest BCUT2D eigenvalue weighted by atomic mass is 16.4. The van der Waals surface area contributed by atoms with Gasteiger partial charge in [-0.05, 0) is 55.3 Å². The van der Waals surface area contributed by atoms with Gasteiger partial charge in [0.05, 0.1) is 17.6 Å². The number of benzene rings is 1. The molecule has 2 aromatic rings. The van der Waals surface area contributed by atoms with Crippen LogP contribution in [0.1, 0.15) is 48.3 Å². The third-order valence-corrected chi connectivity index (χ3v) is 5.07. The molecule has 2 heterocycles. The Bertz CT molecular complexity index is 721. The Hall–Kier alpha value is -2.14. The van der Waals surface area contributed by atoms with Crippen LogP contribution in [0.15, 0.2) is 36.8 Å². The Labute approximate surface area is 155 Å². The number of imidazole rings is 1. The van der Waals surface area contributed by atoms with Gasteiger partial charge >= 0.3 is 5.97 Å². The van der Waals surface area contributed by atoms with Crippen LogP contribution in [0.5, 0.6) is 0 Å². The van der Waals surface area contributed by atoms with E-state index in [9.17, 15) is 4.79 Å². The Balaban J connectivity index is 1.57. The maximum absolute atomic E-state index is 11.0. The lowest BCUT2D eigenvalue weighted by Gasteiger charge is -2.33. The van der Waals surface area contributed by atoms with Crippen molar-refractivity contribution < 1.29 is 9.90 Å². The summed E-state index contributed by atoms with van der Waals surface area (Å²) in [5.41, 5.74) is 2.88. The van der Waals surface area contributed by atoms with Crippen LogP contribution >= 0.6 is 0 Å². The van der Waals surface area contributed by atoms with Crippen LogP contribution in [0.3, 0.4) is 0 Å². The average Bonchev–Trinajstić information content (AvgIpc) is 3.02. The average molecular weight is 355 g/mol. The summed E-state index contributed by atoms with van der Waals surface area (Å²) in [6, 6.07) is 7.34. The SMILES string of the molecule is CC(C)Cn1cncc1CN1CCCC(Cc2ccc(C(=O)O)cc2)C1. The largest absolute Gasteiger partial charge is 0.478 e. The lowest BCUT2D eigenvalue weighted by molar-refractivity contribution is 0.0697. The van der Waals surface area contributed by atoms with E-state index in [0.29, 0.717) is 17.4 Å². The van der Waals surface area contributed by atoms with Gasteiger partial charge in [-0.3, -0.25) is 4.90 Å². The van der Waals surface area contributed by atoms with Crippen molar-refractivity contribution >= 4 is 5.97 Å². The molecule has 1 unspecified atom stereocenters. The molecule has 26 heavy (non-hydrogen) atoms. The number of piperidine rings is 1. The Morgan fingerprint density at radius 2 is 2.08 bits per heavy atom. The van der Waals surface area contributed by atoms with Crippen molar-refractivity contribution in [2.24, 2.45) is 11.8 Å². The molecule has 5 heteroatoms. The third kappa shape index (κ3) is 4.94. The summed E-state index contributed by atoms with van der Waals surface area (Å²) in [4.78, 5) is 17.9. The summed E-state index contributed by atoms with van der Waals surface area (Å²) in [6.07, 6.45) is 7.41. The first-order valence-corrected chi connectivity index (χ1v) is 9.55. The topological polar surface area (TPSA) is 58.4 Å². The minimum atomic E-state index is -0.863. The fourth-order valence-electron chi connectivity index (χ4n) is 3.84. The normalized spacial score (nSPS) is 18.3. The van der Waals surface area contributed by atoms with Gasteiger partial charge in [0.25, 0.3) is 0 Å². The maximum atomic E-state index is 11.0. The number of hydrogen-bond acceptors (Lipinski definition) is 3. The van der Waals surface area contributed by atoms with Crippen molar-refractivity contribution in [2.45, 2.75) is 46.2 Å². The first kappa shape index (κ1) is 18.6. The van der Waals surface area contributed by atoms with Crippen LogP contribution in [-0.4, -0.2) is 38.6 Å². The van der Waals surface area contributed by atoms with Crippen LogP contribution in [0.25, 0.3) is 0 Å². The summed E-state index contributed by atoms with van der Waals surface area (Å²) in [5.74, 6) is 0.380. The summed E-state index contributed by atoms with van der Waals surface area (Å²) in [5, 5.41) is 9.02. The van der Waals surface area contributed by atoms with Gasteiger partial charge in [0.2, 0.25) is 0 Å². The molecule has 0 saturated carbocycles. The van der Waals surface area contributed by atoms with Gasteiger partial charge in [0.1, 0.15) is 0 Å². The Morgan fingerprint density at radius 3 is 2.77 bits per heavy atom. The highest BCUT2D eigenvalue weighted by Crippen LogP contribution is 2.22. The predicted octanol–water partition coefficient (Wildman–Crippen LogP) is 3.69. The molecule has 1 N–H and O–H groups in total. The zero-order valence-electron chi connectivity index (χ0n) is 15.8. The second-order valence-electron chi connectivity index (χ2n) is 7.88. The molecule has 1 aromatic heterocycles. The number of rotatable bonds is 7. The summed E-state index contributed by atoms with van der Waals surface area (Å²) in [6.45, 7) is 8.67. The van der Waals surface area contributed by atoms with E-state index >= 15 is 0 Å². The molecule has 0 radical (unpaired) electrons. The molecule has 1 saturated heterocycles. The molecule has 3 rings (SSSR count). The first-order valence-electron chi connectivity index (χ1n) is 9.55. The second kappa shape index (κ2) is 8.49. The quantitative estimate of drug-likeness (QED) is 0.823. The van der Waals surface area contributed by atoms with Crippen LogP contribution in [0.2, 0.25) is 0 Å². The van der Waals surface area contributed by atoms with Crippen LogP contribution in [0.4, 0.5) is 0 Å². The lowest BCUT2D eigenvalue weighted by atomic mass is 9.91. The molecule has 140 valence electrons. The maximum Gasteiger partial charge on any atom is 0.335 e. The van der Waals surface area contributed by atoms with Crippen molar-refractivity contribution in [1.29, 1.82) is 0 Å². The second-order valence-corrected chi connectivity index (χ2v) is 7.88. The molecule has 0 aliphatic carbocycles. The minimum absolute atomic E-state index is 0.359. The molecular formula is C21H29N3O2. The summed E-state index contributed by atoms with van der Waals surface area (Å²) >= 11 is 0. The number of nitrogens with zero attached hydrogens (tertiary/aromatic N) is 3. The first-order chi connectivity index (χ1) is 12.5. The number of aromatic carboxylic acids is 1.